The van der Waals surface area contributed by atoms with Gasteiger partial charge in [-0.3, -0.25) is 4.79 Å². The van der Waals surface area contributed by atoms with E-state index in [2.05, 4.69) is 0 Å². The van der Waals surface area contributed by atoms with Gasteiger partial charge in [-0.1, -0.05) is 6.42 Å². The smallest absolute Gasteiger partial charge is 0.314 e. The van der Waals surface area contributed by atoms with Crippen LogP contribution in [0.1, 0.15) is 44.2 Å². The van der Waals surface area contributed by atoms with Gasteiger partial charge < -0.3 is 14.6 Å². The molecule has 0 amide bonds. The summed E-state index contributed by atoms with van der Waals surface area (Å²) in [7, 11) is 0. The van der Waals surface area contributed by atoms with E-state index in [1.807, 2.05) is 0 Å². The van der Waals surface area contributed by atoms with Crippen LogP contribution in [0.5, 0.6) is 11.5 Å². The molecule has 108 valence electrons. The minimum Gasteiger partial charge on any atom is -0.481 e. The van der Waals surface area contributed by atoms with Crippen molar-refractivity contribution < 1.29 is 23.8 Å². The first-order chi connectivity index (χ1) is 9.34. The van der Waals surface area contributed by atoms with Gasteiger partial charge in [-0.05, 0) is 44.4 Å². The Bertz CT molecular complexity index is 570. The molecule has 1 fully saturated rings. The van der Waals surface area contributed by atoms with Crippen molar-refractivity contribution in [2.24, 2.45) is 0 Å². The number of fused-ring (bicyclic) bond motifs is 1. The molecule has 0 unspecified atom stereocenters. The molecule has 0 radical (unpaired) electrons. The van der Waals surface area contributed by atoms with Gasteiger partial charge in [0.05, 0.1) is 5.41 Å². The van der Waals surface area contributed by atoms with Crippen LogP contribution in [0.2, 0.25) is 0 Å². The van der Waals surface area contributed by atoms with E-state index in [0.29, 0.717) is 35.5 Å². The van der Waals surface area contributed by atoms with Gasteiger partial charge in [0.1, 0.15) is 5.67 Å². The maximum Gasteiger partial charge on any atom is 0.314 e. The monoisotopic (exact) mass is 280 g/mol. The van der Waals surface area contributed by atoms with E-state index in [0.717, 1.165) is 6.42 Å². The number of carbonyl (C=O) groups is 1. The van der Waals surface area contributed by atoms with E-state index in [4.69, 9.17) is 9.47 Å². The molecule has 1 N–H and O–H groups in total. The summed E-state index contributed by atoms with van der Waals surface area (Å²) in [5.41, 5.74) is -1.55. The minimum atomic E-state index is -1.56. The predicted octanol–water partition coefficient (Wildman–Crippen LogP) is 3.13. The Hall–Kier alpha value is -1.78. The van der Waals surface area contributed by atoms with Crippen LogP contribution in [-0.2, 0) is 15.9 Å². The lowest BCUT2D eigenvalue weighted by Gasteiger charge is -2.39. The summed E-state index contributed by atoms with van der Waals surface area (Å²) in [4.78, 5) is 11.7. The van der Waals surface area contributed by atoms with E-state index in [1.165, 1.54) is 13.8 Å². The molecule has 1 aromatic carbocycles. The number of hydrogen-bond donors (Lipinski definition) is 1. The average molecular weight is 280 g/mol. The SMILES string of the molecule is CC(C)(F)c1cc2c(c(C3(C(=O)O)CCC3)c1)OCO2. The molecule has 0 aromatic heterocycles. The van der Waals surface area contributed by atoms with Crippen LogP contribution in [0.3, 0.4) is 0 Å². The molecule has 0 bridgehead atoms. The summed E-state index contributed by atoms with van der Waals surface area (Å²) in [6, 6.07) is 3.22. The number of carboxylic acids is 1. The van der Waals surface area contributed by atoms with Crippen LogP contribution in [0, 0.1) is 0 Å². The number of aliphatic carboxylic acids is 1. The van der Waals surface area contributed by atoms with Gasteiger partial charge in [0.2, 0.25) is 6.79 Å². The number of hydrogen-bond acceptors (Lipinski definition) is 3. The fourth-order valence-corrected chi connectivity index (χ4v) is 2.84. The zero-order chi connectivity index (χ0) is 14.5. The van der Waals surface area contributed by atoms with Gasteiger partial charge in [0, 0.05) is 5.56 Å². The molecule has 0 saturated heterocycles. The third kappa shape index (κ3) is 1.76. The molecule has 0 atom stereocenters. The van der Waals surface area contributed by atoms with Gasteiger partial charge >= 0.3 is 5.97 Å². The molecule has 1 aliphatic carbocycles. The minimum absolute atomic E-state index is 0.0498. The van der Waals surface area contributed by atoms with Crippen molar-refractivity contribution >= 4 is 5.97 Å². The van der Waals surface area contributed by atoms with Gasteiger partial charge in [-0.2, -0.15) is 0 Å². The van der Waals surface area contributed by atoms with E-state index >= 15 is 0 Å². The first kappa shape index (κ1) is 13.2. The van der Waals surface area contributed by atoms with Crippen molar-refractivity contribution in [2.45, 2.75) is 44.2 Å². The Balaban J connectivity index is 2.19. The number of halogens is 1. The highest BCUT2D eigenvalue weighted by atomic mass is 19.1. The Morgan fingerprint density at radius 3 is 2.55 bits per heavy atom. The molecule has 1 saturated carbocycles. The fourth-order valence-electron chi connectivity index (χ4n) is 2.84. The Labute approximate surface area is 116 Å². The summed E-state index contributed by atoms with van der Waals surface area (Å²) in [5.74, 6) is 0.0196. The van der Waals surface area contributed by atoms with Crippen LogP contribution in [-0.4, -0.2) is 17.9 Å². The van der Waals surface area contributed by atoms with Crippen LogP contribution in [0.4, 0.5) is 4.39 Å². The third-order valence-corrected chi connectivity index (χ3v) is 4.29. The summed E-state index contributed by atoms with van der Waals surface area (Å²) >= 11 is 0. The molecule has 3 rings (SSSR count). The Morgan fingerprint density at radius 2 is 2.05 bits per heavy atom. The largest absolute Gasteiger partial charge is 0.481 e. The second kappa shape index (κ2) is 4.11. The number of alkyl halides is 1. The first-order valence-electron chi connectivity index (χ1n) is 6.71. The van der Waals surface area contributed by atoms with E-state index in [-0.39, 0.29) is 6.79 Å². The second-order valence-electron chi connectivity index (χ2n) is 5.97. The highest BCUT2D eigenvalue weighted by Gasteiger charge is 2.49. The van der Waals surface area contributed by atoms with Gasteiger partial charge in [-0.25, -0.2) is 4.39 Å². The van der Waals surface area contributed by atoms with Crippen LogP contribution in [0.25, 0.3) is 0 Å². The van der Waals surface area contributed by atoms with Crippen molar-refractivity contribution in [3.8, 4) is 11.5 Å². The van der Waals surface area contributed by atoms with E-state index < -0.39 is 17.1 Å². The summed E-state index contributed by atoms with van der Waals surface area (Å²) in [5, 5.41) is 9.57. The molecule has 1 heterocycles. The molecule has 1 aromatic rings. The maximum absolute atomic E-state index is 14.2. The molecule has 20 heavy (non-hydrogen) atoms. The van der Waals surface area contributed by atoms with Gasteiger partial charge in [0.15, 0.2) is 11.5 Å². The topological polar surface area (TPSA) is 55.8 Å². The first-order valence-corrected chi connectivity index (χ1v) is 6.71. The zero-order valence-corrected chi connectivity index (χ0v) is 11.5. The van der Waals surface area contributed by atoms with Crippen LogP contribution >= 0.6 is 0 Å². The van der Waals surface area contributed by atoms with Crippen LogP contribution in [0.15, 0.2) is 12.1 Å². The van der Waals surface area contributed by atoms with Crippen molar-refractivity contribution in [2.75, 3.05) is 6.79 Å². The summed E-state index contributed by atoms with van der Waals surface area (Å²) in [6.45, 7) is 2.94. The van der Waals surface area contributed by atoms with Crippen molar-refractivity contribution in [3.63, 3.8) is 0 Å². The standard InChI is InChI=1S/C15H17FO4/c1-14(2,16)9-6-10(12-11(7-9)19-8-20-12)15(13(17)18)4-3-5-15/h6-7H,3-5,8H2,1-2H3,(H,17,18). The van der Waals surface area contributed by atoms with E-state index in [1.54, 1.807) is 12.1 Å². The Morgan fingerprint density at radius 1 is 1.35 bits per heavy atom. The number of carboxylic acid groups (broad SMARTS) is 1. The van der Waals surface area contributed by atoms with Crippen molar-refractivity contribution in [1.82, 2.24) is 0 Å². The fraction of sp³-hybridized carbons (Fsp3) is 0.533. The predicted molar refractivity (Wildman–Crippen MR) is 69.9 cm³/mol. The Kier molecular flexibility index (Phi) is 2.71. The second-order valence-corrected chi connectivity index (χ2v) is 5.97. The lowest BCUT2D eigenvalue weighted by molar-refractivity contribution is -0.147. The molecule has 2 aliphatic rings. The maximum atomic E-state index is 14.2. The normalized spacial score (nSPS) is 19.6. The molecule has 4 nitrogen and oxygen atoms in total. The van der Waals surface area contributed by atoms with Crippen LogP contribution < -0.4 is 9.47 Å². The molecule has 1 aliphatic heterocycles. The zero-order valence-electron chi connectivity index (χ0n) is 11.5. The lowest BCUT2D eigenvalue weighted by atomic mass is 9.63. The molecular formula is C15H17FO4. The third-order valence-electron chi connectivity index (χ3n) is 4.29. The van der Waals surface area contributed by atoms with Gasteiger partial charge in [0.25, 0.3) is 0 Å². The highest BCUT2D eigenvalue weighted by Crippen LogP contribution is 2.52. The summed E-state index contributed by atoms with van der Waals surface area (Å²) < 4.78 is 25.0. The number of ether oxygens (including phenoxy) is 2. The highest BCUT2D eigenvalue weighted by molar-refractivity contribution is 5.84. The van der Waals surface area contributed by atoms with Crippen molar-refractivity contribution in [3.05, 3.63) is 23.3 Å². The summed E-state index contributed by atoms with van der Waals surface area (Å²) in [6.07, 6.45) is 1.95. The van der Waals surface area contributed by atoms with Crippen molar-refractivity contribution in [1.29, 1.82) is 0 Å². The number of benzene rings is 1. The quantitative estimate of drug-likeness (QED) is 0.924. The molecule has 5 heteroatoms. The molecular weight excluding hydrogens is 263 g/mol. The van der Waals surface area contributed by atoms with E-state index in [9.17, 15) is 14.3 Å². The van der Waals surface area contributed by atoms with Gasteiger partial charge in [-0.15, -0.1) is 0 Å². The lowest BCUT2D eigenvalue weighted by Crippen LogP contribution is -2.42. The molecule has 0 spiro atoms. The average Bonchev–Trinajstić information content (AvgIpc) is 2.73. The number of rotatable bonds is 3.